The van der Waals surface area contributed by atoms with Gasteiger partial charge in [0, 0.05) is 18.0 Å². The number of aromatic carboxylic acids is 1. The third kappa shape index (κ3) is 2.04. The number of nitrogens with zero attached hydrogens (tertiary/aromatic N) is 2. The van der Waals surface area contributed by atoms with Gasteiger partial charge >= 0.3 is 12.1 Å². The van der Waals surface area contributed by atoms with Crippen LogP contribution in [0.25, 0.3) is 11.3 Å². The Hall–Kier alpha value is -2.38. The van der Waals surface area contributed by atoms with Crippen LogP contribution in [0.1, 0.15) is 15.9 Å². The molecule has 0 aromatic carbocycles. The minimum atomic E-state index is -4.60. The van der Waals surface area contributed by atoms with Gasteiger partial charge in [-0.3, -0.25) is 10.1 Å². The Balaban J connectivity index is 2.65. The lowest BCUT2D eigenvalue weighted by atomic mass is 10.0. The molecule has 0 bridgehead atoms. The van der Waals surface area contributed by atoms with Crippen molar-refractivity contribution < 1.29 is 23.1 Å². The maximum atomic E-state index is 12.8. The Morgan fingerprint density at radius 3 is 2.67 bits per heavy atom. The van der Waals surface area contributed by atoms with E-state index in [1.54, 1.807) is 0 Å². The molecule has 0 radical (unpaired) electrons. The summed E-state index contributed by atoms with van der Waals surface area (Å²) < 4.78 is 38.3. The smallest absolute Gasteiger partial charge is 0.417 e. The molecule has 0 aliphatic carbocycles. The SMILES string of the molecule is O=C(O)c1cn[nH]c1-c1cnccc1C(F)(F)F. The molecule has 0 spiro atoms. The van der Waals surface area contributed by atoms with Crippen LogP contribution in [0.2, 0.25) is 0 Å². The topological polar surface area (TPSA) is 78.9 Å². The van der Waals surface area contributed by atoms with Crippen LogP contribution < -0.4 is 0 Å². The number of carbonyl (C=O) groups is 1. The van der Waals surface area contributed by atoms with Gasteiger partial charge in [0.1, 0.15) is 5.56 Å². The van der Waals surface area contributed by atoms with Gasteiger partial charge in [0.05, 0.1) is 17.5 Å². The van der Waals surface area contributed by atoms with Gasteiger partial charge in [-0.25, -0.2) is 4.79 Å². The summed E-state index contributed by atoms with van der Waals surface area (Å²) >= 11 is 0. The number of hydrogen-bond acceptors (Lipinski definition) is 3. The average molecular weight is 257 g/mol. The molecular weight excluding hydrogens is 251 g/mol. The van der Waals surface area contributed by atoms with E-state index in [0.717, 1.165) is 24.7 Å². The highest BCUT2D eigenvalue weighted by molar-refractivity contribution is 5.94. The third-order valence-electron chi connectivity index (χ3n) is 2.27. The van der Waals surface area contributed by atoms with Crippen molar-refractivity contribution in [2.24, 2.45) is 0 Å². The summed E-state index contributed by atoms with van der Waals surface area (Å²) in [4.78, 5) is 14.4. The average Bonchev–Trinajstić information content (AvgIpc) is 2.76. The fraction of sp³-hybridized carbons (Fsp3) is 0.100. The third-order valence-corrected chi connectivity index (χ3v) is 2.27. The van der Waals surface area contributed by atoms with Crippen LogP contribution in [0.15, 0.2) is 24.7 Å². The van der Waals surface area contributed by atoms with Crippen LogP contribution in [0.4, 0.5) is 13.2 Å². The second kappa shape index (κ2) is 4.13. The molecule has 0 aliphatic rings. The highest BCUT2D eigenvalue weighted by Gasteiger charge is 2.35. The standard InChI is InChI=1S/C10H6F3N3O2/c11-10(12,13)7-1-2-14-3-5(7)8-6(9(17)18)4-15-16-8/h1-4H,(H,15,16)(H,17,18). The number of H-pyrrole nitrogens is 1. The van der Waals surface area contributed by atoms with E-state index >= 15 is 0 Å². The minimum Gasteiger partial charge on any atom is -0.478 e. The van der Waals surface area contributed by atoms with Gasteiger partial charge in [-0.15, -0.1) is 0 Å². The first-order chi connectivity index (χ1) is 8.41. The second-order valence-electron chi connectivity index (χ2n) is 3.38. The first-order valence-corrected chi connectivity index (χ1v) is 4.69. The predicted molar refractivity (Wildman–Crippen MR) is 53.8 cm³/mol. The Labute approximate surface area is 98.3 Å². The first kappa shape index (κ1) is 12.1. The fourth-order valence-corrected chi connectivity index (χ4v) is 1.49. The minimum absolute atomic E-state index is 0.220. The lowest BCUT2D eigenvalue weighted by Crippen LogP contribution is -2.09. The molecule has 2 aromatic rings. The maximum absolute atomic E-state index is 12.8. The fourth-order valence-electron chi connectivity index (χ4n) is 1.49. The molecule has 0 unspecified atom stereocenters. The number of pyridine rings is 1. The van der Waals surface area contributed by atoms with Crippen molar-refractivity contribution >= 4 is 5.97 Å². The van der Waals surface area contributed by atoms with Gasteiger partial charge < -0.3 is 5.11 Å². The Bertz CT molecular complexity index is 592. The number of aromatic nitrogens is 3. The zero-order valence-electron chi connectivity index (χ0n) is 8.69. The molecule has 8 heteroatoms. The van der Waals surface area contributed by atoms with Gasteiger partial charge in [0.2, 0.25) is 0 Å². The van der Waals surface area contributed by atoms with Gasteiger partial charge in [0.25, 0.3) is 0 Å². The molecule has 5 nitrogen and oxygen atoms in total. The van der Waals surface area contributed by atoms with Crippen molar-refractivity contribution in [2.75, 3.05) is 0 Å². The Morgan fingerprint density at radius 1 is 1.33 bits per heavy atom. The number of nitrogens with one attached hydrogen (secondary N) is 1. The summed E-state index contributed by atoms with van der Waals surface area (Å²) in [6, 6.07) is 0.780. The number of carboxylic acid groups (broad SMARTS) is 1. The summed E-state index contributed by atoms with van der Waals surface area (Å²) in [6.45, 7) is 0. The number of halogens is 3. The molecule has 94 valence electrons. The molecular formula is C10H6F3N3O2. The molecule has 2 heterocycles. The summed E-state index contributed by atoms with van der Waals surface area (Å²) in [5.41, 5.74) is -1.87. The quantitative estimate of drug-likeness (QED) is 0.864. The van der Waals surface area contributed by atoms with Gasteiger partial charge in [-0.2, -0.15) is 18.3 Å². The molecule has 2 N–H and O–H groups in total. The van der Waals surface area contributed by atoms with Gasteiger partial charge in [-0.05, 0) is 6.07 Å². The molecule has 0 saturated carbocycles. The van der Waals surface area contributed by atoms with E-state index in [0.29, 0.717) is 0 Å². The van der Waals surface area contributed by atoms with E-state index in [-0.39, 0.29) is 16.8 Å². The van der Waals surface area contributed by atoms with E-state index in [2.05, 4.69) is 15.2 Å². The highest BCUT2D eigenvalue weighted by atomic mass is 19.4. The van der Waals surface area contributed by atoms with Gasteiger partial charge in [-0.1, -0.05) is 0 Å². The van der Waals surface area contributed by atoms with Crippen LogP contribution in [-0.4, -0.2) is 26.3 Å². The van der Waals surface area contributed by atoms with Crippen LogP contribution in [0.3, 0.4) is 0 Å². The Kier molecular flexibility index (Phi) is 2.77. The first-order valence-electron chi connectivity index (χ1n) is 4.69. The predicted octanol–water partition coefficient (Wildman–Crippen LogP) is 2.19. The van der Waals surface area contributed by atoms with Crippen molar-refractivity contribution in [2.45, 2.75) is 6.18 Å². The number of rotatable bonds is 2. The number of alkyl halides is 3. The Morgan fingerprint density at radius 2 is 2.06 bits per heavy atom. The molecule has 0 atom stereocenters. The maximum Gasteiger partial charge on any atom is 0.417 e. The van der Waals surface area contributed by atoms with E-state index in [1.165, 1.54) is 0 Å². The summed E-state index contributed by atoms with van der Waals surface area (Å²) in [7, 11) is 0. The zero-order valence-corrected chi connectivity index (χ0v) is 8.69. The monoisotopic (exact) mass is 257 g/mol. The lowest BCUT2D eigenvalue weighted by molar-refractivity contribution is -0.137. The van der Waals surface area contributed by atoms with Crippen molar-refractivity contribution in [1.29, 1.82) is 0 Å². The molecule has 18 heavy (non-hydrogen) atoms. The molecule has 0 amide bonds. The van der Waals surface area contributed by atoms with E-state index in [1.807, 2.05) is 0 Å². The molecule has 0 aliphatic heterocycles. The summed E-state index contributed by atoms with van der Waals surface area (Å²) in [5, 5.41) is 14.5. The summed E-state index contributed by atoms with van der Waals surface area (Å²) in [6.07, 6.45) is -1.71. The van der Waals surface area contributed by atoms with Crippen molar-refractivity contribution in [1.82, 2.24) is 15.2 Å². The number of carboxylic acids is 1. The van der Waals surface area contributed by atoms with Gasteiger partial charge in [0.15, 0.2) is 0 Å². The lowest BCUT2D eigenvalue weighted by Gasteiger charge is -2.11. The largest absolute Gasteiger partial charge is 0.478 e. The van der Waals surface area contributed by atoms with Crippen LogP contribution in [-0.2, 0) is 6.18 Å². The van der Waals surface area contributed by atoms with Crippen LogP contribution in [0, 0.1) is 0 Å². The van der Waals surface area contributed by atoms with Crippen LogP contribution in [0.5, 0.6) is 0 Å². The molecule has 0 fully saturated rings. The van der Waals surface area contributed by atoms with Crippen molar-refractivity contribution in [3.63, 3.8) is 0 Å². The number of aromatic amines is 1. The van der Waals surface area contributed by atoms with Crippen molar-refractivity contribution in [3.05, 3.63) is 35.8 Å². The second-order valence-corrected chi connectivity index (χ2v) is 3.38. The number of hydrogen-bond donors (Lipinski definition) is 2. The zero-order chi connectivity index (χ0) is 13.3. The highest BCUT2D eigenvalue weighted by Crippen LogP contribution is 2.36. The molecule has 2 rings (SSSR count). The normalized spacial score (nSPS) is 11.5. The van der Waals surface area contributed by atoms with E-state index in [9.17, 15) is 18.0 Å². The van der Waals surface area contributed by atoms with E-state index < -0.39 is 17.7 Å². The molecule has 2 aromatic heterocycles. The van der Waals surface area contributed by atoms with Crippen molar-refractivity contribution in [3.8, 4) is 11.3 Å². The summed E-state index contributed by atoms with van der Waals surface area (Å²) in [5.74, 6) is -1.37. The van der Waals surface area contributed by atoms with E-state index in [4.69, 9.17) is 5.11 Å². The molecule has 0 saturated heterocycles. The van der Waals surface area contributed by atoms with Crippen LogP contribution >= 0.6 is 0 Å².